The van der Waals surface area contributed by atoms with Crippen LogP contribution < -0.4 is 5.32 Å². The fraction of sp³-hybridized carbons (Fsp3) is 0.200. The van der Waals surface area contributed by atoms with Crippen molar-refractivity contribution in [2.24, 2.45) is 0 Å². The zero-order chi connectivity index (χ0) is 16.4. The van der Waals surface area contributed by atoms with E-state index >= 15 is 0 Å². The summed E-state index contributed by atoms with van der Waals surface area (Å²) in [5, 5.41) is 3.84. The Hall–Kier alpha value is -2.12. The molecule has 0 aliphatic heterocycles. The summed E-state index contributed by atoms with van der Waals surface area (Å²) in [5.74, 6) is -0.124. The summed E-state index contributed by atoms with van der Waals surface area (Å²) in [6.07, 6.45) is 3.00. The number of thioether (sulfide) groups is 1. The van der Waals surface area contributed by atoms with Gasteiger partial charge in [-0.25, -0.2) is 15.0 Å². The van der Waals surface area contributed by atoms with E-state index in [0.29, 0.717) is 21.4 Å². The zero-order valence-electron chi connectivity index (χ0n) is 12.5. The van der Waals surface area contributed by atoms with E-state index in [0.717, 1.165) is 11.1 Å². The van der Waals surface area contributed by atoms with Gasteiger partial charge >= 0.3 is 0 Å². The number of nitrogens with zero attached hydrogens (tertiary/aromatic N) is 3. The molecule has 2 N–H and O–H groups in total. The van der Waals surface area contributed by atoms with Crippen LogP contribution in [-0.4, -0.2) is 31.1 Å². The van der Waals surface area contributed by atoms with E-state index < -0.39 is 0 Å². The first kappa shape index (κ1) is 15.8. The van der Waals surface area contributed by atoms with Crippen LogP contribution in [0.2, 0.25) is 5.02 Å². The van der Waals surface area contributed by atoms with E-state index in [1.54, 1.807) is 12.4 Å². The summed E-state index contributed by atoms with van der Waals surface area (Å²) in [6.45, 7) is 3.73. The molecular weight excluding hydrogens is 334 g/mol. The standard InChI is InChI=1S/C15H14ClN5OS/c1-8-3-4-10(5-11(8)16)21-14(22)9(2)23-15-12-13(18-6-17-12)19-7-20-15/h3-7,9H,1-2H3,(H,21,22)(H,17,18,19,20). The van der Waals surface area contributed by atoms with E-state index in [-0.39, 0.29) is 11.2 Å². The van der Waals surface area contributed by atoms with Crippen LogP contribution >= 0.6 is 23.4 Å². The molecule has 8 heteroatoms. The minimum absolute atomic E-state index is 0.124. The Morgan fingerprint density at radius 2 is 2.17 bits per heavy atom. The number of hydrogen-bond acceptors (Lipinski definition) is 5. The Morgan fingerprint density at radius 1 is 1.35 bits per heavy atom. The lowest BCUT2D eigenvalue weighted by molar-refractivity contribution is -0.115. The number of hydrogen-bond donors (Lipinski definition) is 2. The molecule has 1 amide bonds. The van der Waals surface area contributed by atoms with E-state index in [1.165, 1.54) is 18.1 Å². The Morgan fingerprint density at radius 3 is 2.96 bits per heavy atom. The summed E-state index contributed by atoms with van der Waals surface area (Å²) in [7, 11) is 0. The van der Waals surface area contributed by atoms with Crippen molar-refractivity contribution in [1.29, 1.82) is 0 Å². The highest BCUT2D eigenvalue weighted by atomic mass is 35.5. The molecule has 0 radical (unpaired) electrons. The van der Waals surface area contributed by atoms with Gasteiger partial charge < -0.3 is 10.3 Å². The Bertz CT molecular complexity index is 866. The smallest absolute Gasteiger partial charge is 0.237 e. The maximum Gasteiger partial charge on any atom is 0.237 e. The number of rotatable bonds is 4. The second kappa shape index (κ2) is 6.55. The van der Waals surface area contributed by atoms with Crippen molar-refractivity contribution in [2.75, 3.05) is 5.32 Å². The fourth-order valence-electron chi connectivity index (χ4n) is 1.97. The van der Waals surface area contributed by atoms with Crippen molar-refractivity contribution in [3.05, 3.63) is 41.4 Å². The lowest BCUT2D eigenvalue weighted by Crippen LogP contribution is -2.22. The molecule has 3 rings (SSSR count). The number of aromatic nitrogens is 4. The van der Waals surface area contributed by atoms with Crippen LogP contribution in [0.3, 0.4) is 0 Å². The molecule has 0 bridgehead atoms. The molecule has 6 nitrogen and oxygen atoms in total. The highest BCUT2D eigenvalue weighted by Gasteiger charge is 2.18. The largest absolute Gasteiger partial charge is 0.341 e. The second-order valence-electron chi connectivity index (χ2n) is 4.99. The number of H-pyrrole nitrogens is 1. The number of fused-ring (bicyclic) bond motifs is 1. The van der Waals surface area contributed by atoms with Gasteiger partial charge in [0, 0.05) is 10.7 Å². The first-order valence-electron chi connectivity index (χ1n) is 6.92. The molecule has 118 valence electrons. The molecule has 0 fully saturated rings. The number of amides is 1. The van der Waals surface area contributed by atoms with Gasteiger partial charge in [0.1, 0.15) is 16.9 Å². The zero-order valence-corrected chi connectivity index (χ0v) is 14.1. The predicted molar refractivity (Wildman–Crippen MR) is 91.8 cm³/mol. The second-order valence-corrected chi connectivity index (χ2v) is 6.73. The van der Waals surface area contributed by atoms with Crippen molar-refractivity contribution < 1.29 is 4.79 Å². The number of benzene rings is 1. The maximum atomic E-state index is 12.3. The molecule has 23 heavy (non-hydrogen) atoms. The Labute approximate surface area is 142 Å². The van der Waals surface area contributed by atoms with Crippen molar-refractivity contribution in [2.45, 2.75) is 24.1 Å². The molecule has 0 aliphatic rings. The SMILES string of the molecule is Cc1ccc(NC(=O)C(C)Sc2ncnc3nc[nH]c23)cc1Cl. The summed E-state index contributed by atoms with van der Waals surface area (Å²) >= 11 is 7.42. The predicted octanol–water partition coefficient (Wildman–Crippen LogP) is 3.43. The topological polar surface area (TPSA) is 83.6 Å². The van der Waals surface area contributed by atoms with Crippen LogP contribution in [-0.2, 0) is 4.79 Å². The number of halogens is 1. The highest BCUT2D eigenvalue weighted by molar-refractivity contribution is 8.00. The molecule has 1 unspecified atom stereocenters. The molecule has 0 saturated heterocycles. The van der Waals surface area contributed by atoms with Crippen LogP contribution in [0.5, 0.6) is 0 Å². The summed E-state index contributed by atoms with van der Waals surface area (Å²) < 4.78 is 0. The number of aromatic amines is 1. The Kier molecular flexibility index (Phi) is 4.49. The number of carbonyl (C=O) groups excluding carboxylic acids is 1. The number of imidazole rings is 1. The van der Waals surface area contributed by atoms with Crippen molar-refractivity contribution in [3.8, 4) is 0 Å². The molecule has 2 aromatic heterocycles. The number of anilines is 1. The van der Waals surface area contributed by atoms with Crippen LogP contribution in [0.15, 0.2) is 35.9 Å². The Balaban J connectivity index is 1.72. The number of nitrogens with one attached hydrogen (secondary N) is 2. The maximum absolute atomic E-state index is 12.3. The average molecular weight is 348 g/mol. The van der Waals surface area contributed by atoms with Gasteiger partial charge in [0.2, 0.25) is 5.91 Å². The van der Waals surface area contributed by atoms with Gasteiger partial charge in [-0.3, -0.25) is 4.79 Å². The van der Waals surface area contributed by atoms with Crippen LogP contribution in [0.1, 0.15) is 12.5 Å². The molecule has 0 spiro atoms. The lowest BCUT2D eigenvalue weighted by Gasteiger charge is -2.12. The van der Waals surface area contributed by atoms with Gasteiger partial charge in [-0.1, -0.05) is 29.4 Å². The van der Waals surface area contributed by atoms with Crippen molar-refractivity contribution in [1.82, 2.24) is 19.9 Å². The first-order chi connectivity index (χ1) is 11.0. The minimum atomic E-state index is -0.337. The average Bonchev–Trinajstić information content (AvgIpc) is 3.00. The fourth-order valence-corrected chi connectivity index (χ4v) is 3.03. The van der Waals surface area contributed by atoms with E-state index in [9.17, 15) is 4.79 Å². The molecule has 1 aromatic carbocycles. The highest BCUT2D eigenvalue weighted by Crippen LogP contribution is 2.27. The molecule has 2 heterocycles. The first-order valence-corrected chi connectivity index (χ1v) is 8.18. The van der Waals surface area contributed by atoms with Crippen LogP contribution in [0.4, 0.5) is 5.69 Å². The lowest BCUT2D eigenvalue weighted by atomic mass is 10.2. The van der Waals surface area contributed by atoms with Crippen molar-refractivity contribution in [3.63, 3.8) is 0 Å². The van der Waals surface area contributed by atoms with E-state index in [1.807, 2.05) is 26.0 Å². The third-order valence-electron chi connectivity index (χ3n) is 3.29. The molecule has 3 aromatic rings. The summed E-state index contributed by atoms with van der Waals surface area (Å²) in [4.78, 5) is 27.7. The van der Waals surface area contributed by atoms with Gasteiger partial charge in [0.05, 0.1) is 11.6 Å². The number of aryl methyl sites for hydroxylation is 1. The number of carbonyl (C=O) groups is 1. The molecule has 0 aliphatic carbocycles. The minimum Gasteiger partial charge on any atom is -0.341 e. The van der Waals surface area contributed by atoms with Crippen molar-refractivity contribution >= 4 is 46.1 Å². The summed E-state index contributed by atoms with van der Waals surface area (Å²) in [6, 6.07) is 5.44. The van der Waals surface area contributed by atoms with Crippen LogP contribution in [0, 0.1) is 6.92 Å². The van der Waals surface area contributed by atoms with Gasteiger partial charge in [-0.15, -0.1) is 0 Å². The third kappa shape index (κ3) is 3.46. The van der Waals surface area contributed by atoms with Gasteiger partial charge in [-0.2, -0.15) is 0 Å². The van der Waals surface area contributed by atoms with Gasteiger partial charge in [-0.05, 0) is 31.5 Å². The third-order valence-corrected chi connectivity index (χ3v) is 4.79. The normalized spacial score (nSPS) is 12.3. The molecule has 0 saturated carbocycles. The quantitative estimate of drug-likeness (QED) is 0.558. The summed E-state index contributed by atoms with van der Waals surface area (Å²) in [5.41, 5.74) is 2.96. The molecular formula is C15H14ClN5OS. The molecule has 1 atom stereocenters. The van der Waals surface area contributed by atoms with E-state index in [2.05, 4.69) is 25.3 Å². The van der Waals surface area contributed by atoms with E-state index in [4.69, 9.17) is 11.6 Å². The van der Waals surface area contributed by atoms with Gasteiger partial charge in [0.15, 0.2) is 5.65 Å². The monoisotopic (exact) mass is 347 g/mol. The van der Waals surface area contributed by atoms with Gasteiger partial charge in [0.25, 0.3) is 0 Å². The van der Waals surface area contributed by atoms with Crippen LogP contribution in [0.25, 0.3) is 11.2 Å².